The van der Waals surface area contributed by atoms with E-state index in [0.29, 0.717) is 6.54 Å². The molecule has 27 heavy (non-hydrogen) atoms. The molecule has 1 aliphatic rings. The van der Waals surface area contributed by atoms with E-state index >= 15 is 0 Å². The molecule has 0 heterocycles. The summed E-state index contributed by atoms with van der Waals surface area (Å²) in [5.74, 6) is -0.476. The van der Waals surface area contributed by atoms with Crippen LogP contribution in [-0.4, -0.2) is 24.3 Å². The summed E-state index contributed by atoms with van der Waals surface area (Å²) in [5.41, 5.74) is 1.25. The number of aldehydes is 1. The first-order chi connectivity index (χ1) is 13.2. The van der Waals surface area contributed by atoms with Crippen LogP contribution in [0.3, 0.4) is 0 Å². The number of carbonyl (C=O) groups is 2. The fraction of sp³-hybridized carbons (Fsp3) is 0.391. The van der Waals surface area contributed by atoms with Crippen LogP contribution in [0.2, 0.25) is 0 Å². The number of nitrogens with one attached hydrogen (secondary N) is 1. The van der Waals surface area contributed by atoms with Crippen molar-refractivity contribution in [1.29, 1.82) is 0 Å². The van der Waals surface area contributed by atoms with E-state index in [1.165, 1.54) is 0 Å². The summed E-state index contributed by atoms with van der Waals surface area (Å²) in [5, 5.41) is 3.41. The predicted molar refractivity (Wildman–Crippen MR) is 105 cm³/mol. The maximum absolute atomic E-state index is 13.0. The summed E-state index contributed by atoms with van der Waals surface area (Å²) >= 11 is 0. The molecular weight excluding hydrogens is 338 g/mol. The van der Waals surface area contributed by atoms with Crippen LogP contribution < -0.4 is 5.32 Å². The zero-order valence-corrected chi connectivity index (χ0v) is 15.6. The molecule has 1 atom stereocenters. The van der Waals surface area contributed by atoms with Gasteiger partial charge in [0, 0.05) is 6.54 Å². The molecule has 0 bridgehead atoms. The molecule has 3 rings (SSSR count). The van der Waals surface area contributed by atoms with E-state index in [1.807, 2.05) is 60.7 Å². The van der Waals surface area contributed by atoms with Gasteiger partial charge in [0.25, 0.3) is 0 Å². The van der Waals surface area contributed by atoms with Gasteiger partial charge in [-0.1, -0.05) is 79.9 Å². The highest BCUT2D eigenvalue weighted by molar-refractivity contribution is 5.81. The van der Waals surface area contributed by atoms with Crippen molar-refractivity contribution in [3.63, 3.8) is 0 Å². The van der Waals surface area contributed by atoms with Crippen LogP contribution in [0, 0.1) is 0 Å². The second-order valence-corrected chi connectivity index (χ2v) is 7.24. The lowest BCUT2D eigenvalue weighted by Crippen LogP contribution is -2.55. The smallest absolute Gasteiger partial charge is 0.326 e. The van der Waals surface area contributed by atoms with Crippen LogP contribution in [0.4, 0.5) is 0 Å². The Labute approximate surface area is 160 Å². The summed E-state index contributed by atoms with van der Waals surface area (Å²) in [6.45, 7) is 0.715. The van der Waals surface area contributed by atoms with Crippen molar-refractivity contribution in [2.45, 2.75) is 50.2 Å². The van der Waals surface area contributed by atoms with E-state index < -0.39 is 5.54 Å². The van der Waals surface area contributed by atoms with Crippen molar-refractivity contribution in [2.75, 3.05) is 6.54 Å². The number of benzene rings is 2. The lowest BCUT2D eigenvalue weighted by molar-refractivity contribution is -0.155. The quantitative estimate of drug-likeness (QED) is 0.567. The van der Waals surface area contributed by atoms with Crippen LogP contribution in [0.25, 0.3) is 0 Å². The number of rotatable bonds is 8. The summed E-state index contributed by atoms with van der Waals surface area (Å²) in [7, 11) is 0. The molecule has 0 aliphatic heterocycles. The summed E-state index contributed by atoms with van der Waals surface area (Å²) in [4.78, 5) is 24.6. The molecule has 142 valence electrons. The average molecular weight is 365 g/mol. The molecule has 1 fully saturated rings. The molecule has 1 unspecified atom stereocenters. The Bertz CT molecular complexity index is 724. The van der Waals surface area contributed by atoms with Gasteiger partial charge in [0.2, 0.25) is 0 Å². The molecule has 0 amide bonds. The highest BCUT2D eigenvalue weighted by atomic mass is 16.5. The van der Waals surface area contributed by atoms with Crippen LogP contribution in [-0.2, 0) is 20.9 Å². The fourth-order valence-electron chi connectivity index (χ4n) is 3.72. The first-order valence-corrected chi connectivity index (χ1v) is 9.70. The molecule has 0 aromatic heterocycles. The number of hydrogen-bond donors (Lipinski definition) is 1. The number of ether oxygens (including phenoxy) is 1. The molecule has 0 spiro atoms. The topological polar surface area (TPSA) is 55.4 Å². The van der Waals surface area contributed by atoms with Crippen LogP contribution in [0.1, 0.15) is 49.1 Å². The van der Waals surface area contributed by atoms with E-state index in [4.69, 9.17) is 4.74 Å². The van der Waals surface area contributed by atoms with Crippen molar-refractivity contribution < 1.29 is 14.3 Å². The van der Waals surface area contributed by atoms with Crippen molar-refractivity contribution in [3.8, 4) is 0 Å². The van der Waals surface area contributed by atoms with Gasteiger partial charge in [-0.3, -0.25) is 4.79 Å². The molecule has 2 aromatic carbocycles. The van der Waals surface area contributed by atoms with Crippen molar-refractivity contribution >= 4 is 12.3 Å². The van der Waals surface area contributed by atoms with Gasteiger partial charge in [0.1, 0.15) is 18.4 Å². The molecule has 4 nitrogen and oxygen atoms in total. The first kappa shape index (κ1) is 19.3. The molecular formula is C23H27NO3. The highest BCUT2D eigenvalue weighted by Crippen LogP contribution is 2.30. The molecule has 0 saturated heterocycles. The molecule has 0 radical (unpaired) electrons. The minimum Gasteiger partial charge on any atom is -0.459 e. The third-order valence-electron chi connectivity index (χ3n) is 5.36. The Morgan fingerprint density at radius 3 is 2.26 bits per heavy atom. The van der Waals surface area contributed by atoms with Crippen molar-refractivity contribution in [3.05, 3.63) is 71.8 Å². The van der Waals surface area contributed by atoms with Crippen LogP contribution >= 0.6 is 0 Å². The Hall–Kier alpha value is -2.46. The Morgan fingerprint density at radius 2 is 1.63 bits per heavy atom. The van der Waals surface area contributed by atoms with Gasteiger partial charge in [0.15, 0.2) is 0 Å². The van der Waals surface area contributed by atoms with Gasteiger partial charge in [-0.25, -0.2) is 0 Å². The van der Waals surface area contributed by atoms with E-state index in [2.05, 4.69) is 5.32 Å². The van der Waals surface area contributed by atoms with Crippen LogP contribution in [0.15, 0.2) is 60.7 Å². The van der Waals surface area contributed by atoms with Gasteiger partial charge < -0.3 is 14.8 Å². The molecule has 4 heteroatoms. The standard InChI is InChI=1S/C23H27NO3/c25-17-21(20-12-6-2-7-13-20)16-24-23(14-8-3-9-15-23)22(26)27-18-19-10-4-1-5-11-19/h1-2,4-7,10-13,17,21,24H,3,8-9,14-16,18H2. The predicted octanol–water partition coefficient (Wildman–Crippen LogP) is 4.01. The van der Waals surface area contributed by atoms with Crippen molar-refractivity contribution in [2.24, 2.45) is 0 Å². The largest absolute Gasteiger partial charge is 0.459 e. The zero-order valence-electron chi connectivity index (χ0n) is 15.6. The van der Waals surface area contributed by atoms with Gasteiger partial charge >= 0.3 is 5.97 Å². The molecule has 1 saturated carbocycles. The lowest BCUT2D eigenvalue weighted by Gasteiger charge is -2.36. The van der Waals surface area contributed by atoms with Gasteiger partial charge in [-0.05, 0) is 24.0 Å². The minimum atomic E-state index is -0.691. The Morgan fingerprint density at radius 1 is 1.00 bits per heavy atom. The van der Waals surface area contributed by atoms with E-state index in [0.717, 1.165) is 49.5 Å². The fourth-order valence-corrected chi connectivity index (χ4v) is 3.72. The monoisotopic (exact) mass is 365 g/mol. The van der Waals surface area contributed by atoms with Gasteiger partial charge in [-0.2, -0.15) is 0 Å². The SMILES string of the molecule is O=CC(CNC1(C(=O)OCc2ccccc2)CCCCC1)c1ccccc1. The second kappa shape index (κ2) is 9.47. The maximum atomic E-state index is 13.0. The van der Waals surface area contributed by atoms with Crippen LogP contribution in [0.5, 0.6) is 0 Å². The summed E-state index contributed by atoms with van der Waals surface area (Å²) in [6.07, 6.45) is 5.57. The minimum absolute atomic E-state index is 0.205. The maximum Gasteiger partial charge on any atom is 0.326 e. The summed E-state index contributed by atoms with van der Waals surface area (Å²) < 4.78 is 5.65. The Kier molecular flexibility index (Phi) is 6.77. The number of hydrogen-bond acceptors (Lipinski definition) is 4. The zero-order chi connectivity index (χ0) is 19.0. The molecule has 1 N–H and O–H groups in total. The normalized spacial score (nSPS) is 17.0. The summed E-state index contributed by atoms with van der Waals surface area (Å²) in [6, 6.07) is 19.4. The molecule has 1 aliphatic carbocycles. The van der Waals surface area contributed by atoms with E-state index in [9.17, 15) is 9.59 Å². The highest BCUT2D eigenvalue weighted by Gasteiger charge is 2.41. The number of esters is 1. The van der Waals surface area contributed by atoms with Gasteiger partial charge in [-0.15, -0.1) is 0 Å². The third kappa shape index (κ3) is 5.04. The number of carbonyl (C=O) groups excluding carboxylic acids is 2. The lowest BCUT2D eigenvalue weighted by atomic mass is 9.81. The van der Waals surface area contributed by atoms with E-state index in [-0.39, 0.29) is 18.5 Å². The first-order valence-electron chi connectivity index (χ1n) is 9.70. The third-order valence-corrected chi connectivity index (χ3v) is 5.36. The second-order valence-electron chi connectivity index (χ2n) is 7.24. The Balaban J connectivity index is 1.66. The van der Waals surface area contributed by atoms with Crippen molar-refractivity contribution in [1.82, 2.24) is 5.32 Å². The van der Waals surface area contributed by atoms with Gasteiger partial charge in [0.05, 0.1) is 5.92 Å². The average Bonchev–Trinajstić information content (AvgIpc) is 2.74. The molecule has 2 aromatic rings. The van der Waals surface area contributed by atoms with E-state index in [1.54, 1.807) is 0 Å².